The van der Waals surface area contributed by atoms with Gasteiger partial charge in [-0.25, -0.2) is 0 Å². The number of morpholine rings is 1. The highest BCUT2D eigenvalue weighted by atomic mass is 16.5. The van der Waals surface area contributed by atoms with E-state index in [1.807, 2.05) is 0 Å². The van der Waals surface area contributed by atoms with Crippen molar-refractivity contribution in [1.82, 2.24) is 4.90 Å². The smallest absolute Gasteiger partial charge is 0.0742 e. The molecule has 0 aromatic heterocycles. The van der Waals surface area contributed by atoms with Gasteiger partial charge in [-0.3, -0.25) is 4.90 Å². The Bertz CT molecular complexity index is 342. The molecule has 1 fully saturated rings. The minimum atomic E-state index is 0.319. The van der Waals surface area contributed by atoms with E-state index in [0.717, 1.165) is 45.5 Å². The van der Waals surface area contributed by atoms with Gasteiger partial charge in [0.1, 0.15) is 0 Å². The number of rotatable bonds is 7. The van der Waals surface area contributed by atoms with Crippen LogP contribution >= 0.6 is 0 Å². The second-order valence-corrected chi connectivity index (χ2v) is 5.27. The number of benzene rings is 1. The van der Waals surface area contributed by atoms with Gasteiger partial charge in [-0.15, -0.1) is 0 Å². The largest absolute Gasteiger partial charge is 0.396 e. The number of nitrogens with zero attached hydrogens (tertiary/aromatic N) is 1. The van der Waals surface area contributed by atoms with E-state index < -0.39 is 0 Å². The predicted molar refractivity (Wildman–Crippen MR) is 77.3 cm³/mol. The molecule has 0 aliphatic carbocycles. The Hall–Kier alpha value is -0.900. The molecule has 3 nitrogen and oxygen atoms in total. The van der Waals surface area contributed by atoms with Crippen LogP contribution in [0.4, 0.5) is 0 Å². The Morgan fingerprint density at radius 3 is 2.79 bits per heavy atom. The standard InChI is InChI=1S/C16H25NO2/c18-11-6-2-5-9-17-10-12-19-16(14-17)13-15-7-3-1-4-8-15/h1,3-4,7-8,16,18H,2,5-6,9-14H2. The van der Waals surface area contributed by atoms with Gasteiger partial charge in [-0.05, 0) is 37.8 Å². The SMILES string of the molecule is OCCCCCN1CCOC(Cc2ccccc2)C1. The molecule has 3 heteroatoms. The van der Waals surface area contributed by atoms with E-state index in [-0.39, 0.29) is 0 Å². The van der Waals surface area contributed by atoms with Crippen LogP contribution in [0, 0.1) is 0 Å². The second-order valence-electron chi connectivity index (χ2n) is 5.27. The van der Waals surface area contributed by atoms with Crippen LogP contribution < -0.4 is 0 Å². The summed E-state index contributed by atoms with van der Waals surface area (Å²) in [5.41, 5.74) is 1.36. The van der Waals surface area contributed by atoms with Gasteiger partial charge in [0.2, 0.25) is 0 Å². The third kappa shape index (κ3) is 5.31. The third-order valence-corrected chi connectivity index (χ3v) is 3.66. The Morgan fingerprint density at radius 1 is 1.16 bits per heavy atom. The van der Waals surface area contributed by atoms with Gasteiger partial charge < -0.3 is 9.84 Å². The molecule has 106 valence electrons. The van der Waals surface area contributed by atoms with Gasteiger partial charge in [-0.1, -0.05) is 30.3 Å². The lowest BCUT2D eigenvalue weighted by Crippen LogP contribution is -2.43. The van der Waals surface area contributed by atoms with Crippen molar-refractivity contribution in [3.05, 3.63) is 35.9 Å². The highest BCUT2D eigenvalue weighted by molar-refractivity contribution is 5.15. The van der Waals surface area contributed by atoms with Crippen molar-refractivity contribution in [3.63, 3.8) is 0 Å². The first-order valence-electron chi connectivity index (χ1n) is 7.37. The topological polar surface area (TPSA) is 32.7 Å². The Morgan fingerprint density at radius 2 is 2.00 bits per heavy atom. The molecule has 0 radical (unpaired) electrons. The first-order valence-corrected chi connectivity index (χ1v) is 7.37. The minimum absolute atomic E-state index is 0.319. The molecular weight excluding hydrogens is 238 g/mol. The van der Waals surface area contributed by atoms with Gasteiger partial charge in [0.05, 0.1) is 12.7 Å². The predicted octanol–water partition coefficient (Wildman–Crippen LogP) is 2.09. The molecule has 19 heavy (non-hydrogen) atoms. The van der Waals surface area contributed by atoms with Crippen LogP contribution in [0.2, 0.25) is 0 Å². The lowest BCUT2D eigenvalue weighted by atomic mass is 10.1. The molecule has 2 rings (SSSR count). The molecular formula is C16H25NO2. The molecule has 1 aromatic carbocycles. The number of aliphatic hydroxyl groups is 1. The summed E-state index contributed by atoms with van der Waals surface area (Å²) in [6.45, 7) is 4.38. The van der Waals surface area contributed by atoms with Gasteiger partial charge in [0, 0.05) is 19.7 Å². The van der Waals surface area contributed by atoms with Crippen LogP contribution in [0.15, 0.2) is 30.3 Å². The number of hydrogen-bond donors (Lipinski definition) is 1. The monoisotopic (exact) mass is 263 g/mol. The summed E-state index contributed by atoms with van der Waals surface area (Å²) in [5, 5.41) is 8.78. The van der Waals surface area contributed by atoms with E-state index in [2.05, 4.69) is 35.2 Å². The molecule has 1 atom stereocenters. The summed E-state index contributed by atoms with van der Waals surface area (Å²) in [5.74, 6) is 0. The Labute approximate surface area is 116 Å². The molecule has 1 N–H and O–H groups in total. The highest BCUT2D eigenvalue weighted by Gasteiger charge is 2.20. The highest BCUT2D eigenvalue weighted by Crippen LogP contribution is 2.12. The van der Waals surface area contributed by atoms with Crippen molar-refractivity contribution >= 4 is 0 Å². The van der Waals surface area contributed by atoms with E-state index in [4.69, 9.17) is 9.84 Å². The maximum absolute atomic E-state index is 8.78. The zero-order valence-electron chi connectivity index (χ0n) is 11.6. The Balaban J connectivity index is 1.71. The zero-order valence-corrected chi connectivity index (χ0v) is 11.6. The van der Waals surface area contributed by atoms with Gasteiger partial charge >= 0.3 is 0 Å². The van der Waals surface area contributed by atoms with Crippen LogP contribution in [-0.2, 0) is 11.2 Å². The fraction of sp³-hybridized carbons (Fsp3) is 0.625. The quantitative estimate of drug-likeness (QED) is 0.765. The number of ether oxygens (including phenoxy) is 1. The first-order chi connectivity index (χ1) is 9.38. The second kappa shape index (κ2) is 8.31. The lowest BCUT2D eigenvalue weighted by molar-refractivity contribution is -0.0280. The van der Waals surface area contributed by atoms with E-state index >= 15 is 0 Å². The third-order valence-electron chi connectivity index (χ3n) is 3.66. The molecule has 0 spiro atoms. The molecule has 1 aliphatic rings. The van der Waals surface area contributed by atoms with Gasteiger partial charge in [0.25, 0.3) is 0 Å². The molecule has 1 unspecified atom stereocenters. The summed E-state index contributed by atoms with van der Waals surface area (Å²) in [6, 6.07) is 10.6. The van der Waals surface area contributed by atoms with E-state index in [0.29, 0.717) is 12.7 Å². The summed E-state index contributed by atoms with van der Waals surface area (Å²) in [4.78, 5) is 2.49. The van der Waals surface area contributed by atoms with E-state index in [1.54, 1.807) is 0 Å². The molecule has 0 saturated carbocycles. The molecule has 1 saturated heterocycles. The van der Waals surface area contributed by atoms with E-state index in [1.165, 1.54) is 12.0 Å². The maximum atomic E-state index is 8.78. The van der Waals surface area contributed by atoms with Crippen LogP contribution in [0.3, 0.4) is 0 Å². The van der Waals surface area contributed by atoms with Crippen LogP contribution in [0.1, 0.15) is 24.8 Å². The lowest BCUT2D eigenvalue weighted by Gasteiger charge is -2.33. The summed E-state index contributed by atoms with van der Waals surface area (Å²) in [7, 11) is 0. The average Bonchev–Trinajstić information content (AvgIpc) is 2.45. The van der Waals surface area contributed by atoms with Crippen LogP contribution in [0.25, 0.3) is 0 Å². The average molecular weight is 263 g/mol. The van der Waals surface area contributed by atoms with Crippen molar-refractivity contribution in [2.45, 2.75) is 31.8 Å². The zero-order chi connectivity index (χ0) is 13.3. The molecule has 0 amide bonds. The normalized spacial score (nSPS) is 20.6. The first kappa shape index (κ1) is 14.5. The van der Waals surface area contributed by atoms with E-state index in [9.17, 15) is 0 Å². The fourth-order valence-corrected chi connectivity index (χ4v) is 2.61. The summed E-state index contributed by atoms with van der Waals surface area (Å²) in [6.07, 6.45) is 4.57. The maximum Gasteiger partial charge on any atom is 0.0742 e. The number of aliphatic hydroxyl groups excluding tert-OH is 1. The summed E-state index contributed by atoms with van der Waals surface area (Å²) >= 11 is 0. The van der Waals surface area contributed by atoms with Crippen LogP contribution in [-0.4, -0.2) is 49.0 Å². The number of hydrogen-bond acceptors (Lipinski definition) is 3. The molecule has 1 aromatic rings. The summed E-state index contributed by atoms with van der Waals surface area (Å²) < 4.78 is 5.86. The fourth-order valence-electron chi connectivity index (χ4n) is 2.61. The minimum Gasteiger partial charge on any atom is -0.396 e. The van der Waals surface area contributed by atoms with Crippen LogP contribution in [0.5, 0.6) is 0 Å². The molecule has 0 bridgehead atoms. The van der Waals surface area contributed by atoms with Crippen molar-refractivity contribution < 1.29 is 9.84 Å². The van der Waals surface area contributed by atoms with Gasteiger partial charge in [-0.2, -0.15) is 0 Å². The molecule has 1 heterocycles. The van der Waals surface area contributed by atoms with Gasteiger partial charge in [0.15, 0.2) is 0 Å². The number of unbranched alkanes of at least 4 members (excludes halogenated alkanes) is 2. The Kier molecular flexibility index (Phi) is 6.34. The molecule has 1 aliphatic heterocycles. The van der Waals surface area contributed by atoms with Crippen molar-refractivity contribution in [3.8, 4) is 0 Å². The van der Waals surface area contributed by atoms with Crippen molar-refractivity contribution in [2.24, 2.45) is 0 Å². The van der Waals surface area contributed by atoms with Crippen molar-refractivity contribution in [2.75, 3.05) is 32.8 Å². The van der Waals surface area contributed by atoms with Crippen molar-refractivity contribution in [1.29, 1.82) is 0 Å².